The lowest BCUT2D eigenvalue weighted by Crippen LogP contribution is -2.28. The SMILES string of the molecule is c1ccc(-c2ccc(-c3cc4c(c5ccccc35)-c3ccccc3C4(c3ccccc3)c3ccccc3)cc2)cc1. The number of hydrogen-bond acceptors (Lipinski definition) is 0. The van der Waals surface area contributed by atoms with Gasteiger partial charge in [-0.1, -0.05) is 164 Å². The molecule has 0 spiro atoms. The zero-order valence-corrected chi connectivity index (χ0v) is 22.7. The number of benzene rings is 7. The van der Waals surface area contributed by atoms with Crippen LogP contribution in [0.1, 0.15) is 22.3 Å². The molecule has 41 heavy (non-hydrogen) atoms. The van der Waals surface area contributed by atoms with Gasteiger partial charge in [0.15, 0.2) is 0 Å². The molecule has 0 N–H and O–H groups in total. The van der Waals surface area contributed by atoms with Crippen LogP contribution in [-0.2, 0) is 5.41 Å². The van der Waals surface area contributed by atoms with Crippen molar-refractivity contribution in [1.29, 1.82) is 0 Å². The molecule has 1 aliphatic carbocycles. The number of fused-ring (bicyclic) bond motifs is 5. The molecule has 0 heteroatoms. The van der Waals surface area contributed by atoms with Gasteiger partial charge in [-0.3, -0.25) is 0 Å². The maximum Gasteiger partial charge on any atom is 0.0714 e. The Balaban J connectivity index is 1.47. The van der Waals surface area contributed by atoms with E-state index in [0.717, 1.165) is 0 Å². The predicted molar refractivity (Wildman–Crippen MR) is 172 cm³/mol. The van der Waals surface area contributed by atoms with Gasteiger partial charge in [-0.2, -0.15) is 0 Å². The minimum absolute atomic E-state index is 0.419. The third-order valence-electron chi connectivity index (χ3n) is 8.77. The first-order valence-electron chi connectivity index (χ1n) is 14.3. The zero-order valence-electron chi connectivity index (χ0n) is 22.7. The molecule has 0 heterocycles. The highest BCUT2D eigenvalue weighted by molar-refractivity contribution is 6.10. The van der Waals surface area contributed by atoms with Gasteiger partial charge in [0, 0.05) is 0 Å². The van der Waals surface area contributed by atoms with E-state index < -0.39 is 5.41 Å². The summed E-state index contributed by atoms with van der Waals surface area (Å²) in [5, 5.41) is 2.58. The summed E-state index contributed by atoms with van der Waals surface area (Å²) >= 11 is 0. The van der Waals surface area contributed by atoms with Gasteiger partial charge >= 0.3 is 0 Å². The molecule has 1 aliphatic rings. The lowest BCUT2D eigenvalue weighted by atomic mass is 9.67. The maximum absolute atomic E-state index is 2.48. The van der Waals surface area contributed by atoms with Crippen LogP contribution in [-0.4, -0.2) is 0 Å². The van der Waals surface area contributed by atoms with Crippen LogP contribution in [0.2, 0.25) is 0 Å². The van der Waals surface area contributed by atoms with E-state index >= 15 is 0 Å². The third kappa shape index (κ3) is 3.54. The monoisotopic (exact) mass is 520 g/mol. The van der Waals surface area contributed by atoms with Crippen LogP contribution >= 0.6 is 0 Å². The van der Waals surface area contributed by atoms with E-state index in [2.05, 4.69) is 170 Å². The highest BCUT2D eigenvalue weighted by Gasteiger charge is 2.46. The van der Waals surface area contributed by atoms with Crippen molar-refractivity contribution in [3.63, 3.8) is 0 Å². The Labute approximate surface area is 241 Å². The van der Waals surface area contributed by atoms with E-state index in [9.17, 15) is 0 Å². The van der Waals surface area contributed by atoms with E-state index in [0.29, 0.717) is 0 Å². The van der Waals surface area contributed by atoms with Crippen LogP contribution in [0, 0.1) is 0 Å². The Kier molecular flexibility index (Phi) is 5.47. The second-order valence-electron chi connectivity index (χ2n) is 10.9. The van der Waals surface area contributed by atoms with Gasteiger partial charge in [-0.25, -0.2) is 0 Å². The molecule has 7 aromatic carbocycles. The van der Waals surface area contributed by atoms with Crippen molar-refractivity contribution in [2.24, 2.45) is 0 Å². The first kappa shape index (κ1) is 23.7. The molecule has 8 rings (SSSR count). The lowest BCUT2D eigenvalue weighted by Gasteiger charge is -2.34. The maximum atomic E-state index is 2.48. The smallest absolute Gasteiger partial charge is 0.0622 e. The highest BCUT2D eigenvalue weighted by Crippen LogP contribution is 2.58. The quantitative estimate of drug-likeness (QED) is 0.216. The van der Waals surface area contributed by atoms with E-state index in [-0.39, 0.29) is 0 Å². The minimum Gasteiger partial charge on any atom is -0.0622 e. The fraction of sp³-hybridized carbons (Fsp3) is 0.0244. The van der Waals surface area contributed by atoms with Crippen LogP contribution < -0.4 is 0 Å². The van der Waals surface area contributed by atoms with E-state index in [1.807, 2.05) is 0 Å². The molecule has 0 aliphatic heterocycles. The van der Waals surface area contributed by atoms with Crippen LogP contribution in [0.15, 0.2) is 170 Å². The first-order valence-corrected chi connectivity index (χ1v) is 14.3. The average molecular weight is 521 g/mol. The summed E-state index contributed by atoms with van der Waals surface area (Å²) in [4.78, 5) is 0. The van der Waals surface area contributed by atoms with Gasteiger partial charge in [0.1, 0.15) is 0 Å². The molecule has 0 saturated heterocycles. The summed E-state index contributed by atoms with van der Waals surface area (Å²) in [6, 6.07) is 62.2. The highest BCUT2D eigenvalue weighted by atomic mass is 14.5. The largest absolute Gasteiger partial charge is 0.0714 e. The molecule has 0 aromatic heterocycles. The Bertz CT molecular complexity index is 1960. The van der Waals surface area contributed by atoms with Gasteiger partial charge in [0.25, 0.3) is 0 Å². The molecule has 0 saturated carbocycles. The standard InChI is InChI=1S/C41H28/c1-4-14-29(15-5-1)30-24-26-31(27-25-30)37-28-39-40(35-21-11-10-20-34(35)37)36-22-12-13-23-38(36)41(39,32-16-6-2-7-17-32)33-18-8-3-9-19-33/h1-28H. The summed E-state index contributed by atoms with van der Waals surface area (Å²) in [5.41, 5.74) is 12.5. The summed E-state index contributed by atoms with van der Waals surface area (Å²) in [6.07, 6.45) is 0. The minimum atomic E-state index is -0.419. The van der Waals surface area contributed by atoms with Crippen molar-refractivity contribution >= 4 is 10.8 Å². The van der Waals surface area contributed by atoms with Crippen molar-refractivity contribution in [3.8, 4) is 33.4 Å². The van der Waals surface area contributed by atoms with Gasteiger partial charge in [0.2, 0.25) is 0 Å². The fourth-order valence-corrected chi connectivity index (χ4v) is 7.01. The topological polar surface area (TPSA) is 0 Å². The van der Waals surface area contributed by atoms with Gasteiger partial charge in [-0.05, 0) is 72.5 Å². The van der Waals surface area contributed by atoms with Crippen molar-refractivity contribution in [3.05, 3.63) is 192 Å². The molecule has 0 bridgehead atoms. The third-order valence-corrected chi connectivity index (χ3v) is 8.77. The summed E-state index contributed by atoms with van der Waals surface area (Å²) in [7, 11) is 0. The lowest BCUT2D eigenvalue weighted by molar-refractivity contribution is 0.769. The Morgan fingerprint density at radius 1 is 0.317 bits per heavy atom. The first-order chi connectivity index (χ1) is 20.4. The summed E-state index contributed by atoms with van der Waals surface area (Å²) in [6.45, 7) is 0. The molecule has 192 valence electrons. The van der Waals surface area contributed by atoms with Crippen LogP contribution in [0.3, 0.4) is 0 Å². The van der Waals surface area contributed by atoms with Crippen molar-refractivity contribution in [2.45, 2.75) is 5.41 Å². The molecule has 0 unspecified atom stereocenters. The number of hydrogen-bond donors (Lipinski definition) is 0. The average Bonchev–Trinajstić information content (AvgIpc) is 3.37. The van der Waals surface area contributed by atoms with E-state index in [1.165, 1.54) is 66.4 Å². The van der Waals surface area contributed by atoms with Gasteiger partial charge in [0.05, 0.1) is 5.41 Å². The van der Waals surface area contributed by atoms with Crippen molar-refractivity contribution in [2.75, 3.05) is 0 Å². The Hall–Kier alpha value is -5.20. The van der Waals surface area contributed by atoms with Gasteiger partial charge < -0.3 is 0 Å². The van der Waals surface area contributed by atoms with Crippen molar-refractivity contribution < 1.29 is 0 Å². The molecule has 0 atom stereocenters. The molecular formula is C41H28. The Morgan fingerprint density at radius 2 is 0.805 bits per heavy atom. The molecular weight excluding hydrogens is 492 g/mol. The van der Waals surface area contributed by atoms with Crippen LogP contribution in [0.4, 0.5) is 0 Å². The molecule has 0 amide bonds. The Morgan fingerprint density at radius 3 is 1.46 bits per heavy atom. The second kappa shape index (κ2) is 9.47. The molecule has 7 aromatic rings. The van der Waals surface area contributed by atoms with Crippen molar-refractivity contribution in [1.82, 2.24) is 0 Å². The van der Waals surface area contributed by atoms with E-state index in [4.69, 9.17) is 0 Å². The molecule has 0 nitrogen and oxygen atoms in total. The number of rotatable bonds is 4. The molecule has 0 fully saturated rings. The summed E-state index contributed by atoms with van der Waals surface area (Å²) < 4.78 is 0. The van der Waals surface area contributed by atoms with Crippen LogP contribution in [0.5, 0.6) is 0 Å². The zero-order chi connectivity index (χ0) is 27.2. The second-order valence-corrected chi connectivity index (χ2v) is 10.9. The predicted octanol–water partition coefficient (Wildman–Crippen LogP) is 10.5. The van der Waals surface area contributed by atoms with Crippen LogP contribution in [0.25, 0.3) is 44.2 Å². The fourth-order valence-electron chi connectivity index (χ4n) is 7.01. The molecule has 0 radical (unpaired) electrons. The van der Waals surface area contributed by atoms with Gasteiger partial charge in [-0.15, -0.1) is 0 Å². The normalized spacial score (nSPS) is 13.1. The van der Waals surface area contributed by atoms with E-state index in [1.54, 1.807) is 0 Å². The summed E-state index contributed by atoms with van der Waals surface area (Å²) in [5.74, 6) is 0.